The Morgan fingerprint density at radius 2 is 1.73 bits per heavy atom. The van der Waals surface area contributed by atoms with Gasteiger partial charge in [-0.25, -0.2) is 0 Å². The molecule has 0 saturated heterocycles. The van der Waals surface area contributed by atoms with E-state index in [1.807, 2.05) is 24.3 Å². The van der Waals surface area contributed by atoms with Gasteiger partial charge in [0.2, 0.25) is 0 Å². The average molecular weight is 357 g/mol. The predicted octanol–water partition coefficient (Wildman–Crippen LogP) is 3.57. The van der Waals surface area contributed by atoms with Crippen molar-refractivity contribution < 1.29 is 19.4 Å². The molecule has 1 unspecified atom stereocenters. The highest BCUT2D eigenvalue weighted by Gasteiger charge is 2.21. The number of methoxy groups -OCH3 is 2. The van der Waals surface area contributed by atoms with Crippen LogP contribution in [0.3, 0.4) is 0 Å². The van der Waals surface area contributed by atoms with Crippen LogP contribution in [0.2, 0.25) is 0 Å². The van der Waals surface area contributed by atoms with Crippen LogP contribution in [0.15, 0.2) is 42.5 Å². The third-order valence-corrected chi connectivity index (χ3v) is 4.54. The van der Waals surface area contributed by atoms with Crippen LogP contribution in [0.25, 0.3) is 0 Å². The molecule has 0 fully saturated rings. The number of likely N-dealkylation sites (N-methyl/N-ethyl adjacent to an activating group) is 1. The van der Waals surface area contributed by atoms with E-state index in [4.69, 9.17) is 9.47 Å². The molecule has 2 rings (SSSR count). The summed E-state index contributed by atoms with van der Waals surface area (Å²) < 4.78 is 10.7. The molecule has 0 amide bonds. The van der Waals surface area contributed by atoms with Gasteiger partial charge in [-0.05, 0) is 49.2 Å². The molecule has 1 atom stereocenters. The fourth-order valence-electron chi connectivity index (χ4n) is 2.97. The van der Waals surface area contributed by atoms with Crippen LogP contribution in [0.4, 0.5) is 0 Å². The maximum absolute atomic E-state index is 11.5. The molecule has 5 heteroatoms. The summed E-state index contributed by atoms with van der Waals surface area (Å²) in [6.07, 6.45) is 0.733. The molecular weight excluding hydrogens is 330 g/mol. The smallest absolute Gasteiger partial charge is 0.310 e. The highest BCUT2D eigenvalue weighted by Crippen LogP contribution is 2.34. The van der Waals surface area contributed by atoms with Gasteiger partial charge in [0.25, 0.3) is 0 Å². The number of rotatable bonds is 9. The number of carbonyl (C=O) groups is 1. The minimum Gasteiger partial charge on any atom is -0.493 e. The van der Waals surface area contributed by atoms with E-state index in [9.17, 15) is 9.90 Å². The number of benzene rings is 2. The Morgan fingerprint density at radius 3 is 2.31 bits per heavy atom. The Kier molecular flexibility index (Phi) is 7.04. The lowest BCUT2D eigenvalue weighted by molar-refractivity contribution is -0.138. The van der Waals surface area contributed by atoms with Gasteiger partial charge in [0.1, 0.15) is 0 Å². The molecular formula is C21H27NO4. The zero-order valence-corrected chi connectivity index (χ0v) is 15.9. The molecule has 0 radical (unpaired) electrons. The number of carboxylic acid groups (broad SMARTS) is 1. The van der Waals surface area contributed by atoms with E-state index in [0.717, 1.165) is 30.6 Å². The van der Waals surface area contributed by atoms with E-state index >= 15 is 0 Å². The fraction of sp³-hybridized carbons (Fsp3) is 0.381. The van der Waals surface area contributed by atoms with Gasteiger partial charge in [-0.1, -0.05) is 30.3 Å². The zero-order chi connectivity index (χ0) is 19.1. The molecule has 2 aromatic carbocycles. The van der Waals surface area contributed by atoms with Crippen molar-refractivity contribution in [2.45, 2.75) is 25.8 Å². The molecule has 0 heterocycles. The molecule has 140 valence electrons. The van der Waals surface area contributed by atoms with Crippen LogP contribution in [-0.4, -0.2) is 43.8 Å². The lowest BCUT2D eigenvalue weighted by atomic mass is 9.93. The highest BCUT2D eigenvalue weighted by molar-refractivity contribution is 5.76. The molecule has 0 aliphatic rings. The first-order valence-corrected chi connectivity index (χ1v) is 8.66. The summed E-state index contributed by atoms with van der Waals surface area (Å²) in [4.78, 5) is 13.7. The Morgan fingerprint density at radius 1 is 1.12 bits per heavy atom. The number of hydrogen-bond acceptors (Lipinski definition) is 4. The maximum Gasteiger partial charge on any atom is 0.310 e. The Labute approximate surface area is 155 Å². The van der Waals surface area contributed by atoms with Crippen LogP contribution in [-0.2, 0) is 17.8 Å². The summed E-state index contributed by atoms with van der Waals surface area (Å²) in [6, 6.07) is 13.9. The van der Waals surface area contributed by atoms with Crippen molar-refractivity contribution in [2.24, 2.45) is 0 Å². The summed E-state index contributed by atoms with van der Waals surface area (Å²) in [5.74, 6) is -0.285. The van der Waals surface area contributed by atoms with Gasteiger partial charge in [0, 0.05) is 13.1 Å². The fourth-order valence-corrected chi connectivity index (χ4v) is 2.97. The third-order valence-electron chi connectivity index (χ3n) is 4.54. The Bertz CT molecular complexity index is 730. The van der Waals surface area contributed by atoms with E-state index in [1.54, 1.807) is 27.2 Å². The largest absolute Gasteiger partial charge is 0.493 e. The van der Waals surface area contributed by atoms with Gasteiger partial charge in [-0.15, -0.1) is 0 Å². The summed E-state index contributed by atoms with van der Waals surface area (Å²) in [7, 11) is 5.21. The second-order valence-corrected chi connectivity index (χ2v) is 6.44. The van der Waals surface area contributed by atoms with Crippen molar-refractivity contribution >= 4 is 5.97 Å². The molecule has 0 saturated carbocycles. The predicted molar refractivity (Wildman–Crippen MR) is 102 cm³/mol. The van der Waals surface area contributed by atoms with Crippen LogP contribution in [0.5, 0.6) is 11.5 Å². The molecule has 0 aliphatic heterocycles. The minimum absolute atomic E-state index is 0.553. The summed E-state index contributed by atoms with van der Waals surface area (Å²) in [6.45, 7) is 3.35. The number of ether oxygens (including phenoxy) is 2. The first-order chi connectivity index (χ1) is 12.5. The van der Waals surface area contributed by atoms with Crippen molar-refractivity contribution in [1.29, 1.82) is 0 Å². The molecule has 2 aromatic rings. The Hall–Kier alpha value is -2.53. The SMILES string of the molecule is COc1cc(CCN(C)Cc2ccccc2)c(C(C)C(=O)O)cc1OC. The van der Waals surface area contributed by atoms with Gasteiger partial charge >= 0.3 is 5.97 Å². The second kappa shape index (κ2) is 9.25. The van der Waals surface area contributed by atoms with Gasteiger partial charge < -0.3 is 19.5 Å². The van der Waals surface area contributed by atoms with Crippen molar-refractivity contribution in [2.75, 3.05) is 27.8 Å². The van der Waals surface area contributed by atoms with Crippen LogP contribution in [0, 0.1) is 0 Å². The number of hydrogen-bond donors (Lipinski definition) is 1. The normalized spacial score (nSPS) is 12.0. The average Bonchev–Trinajstić information content (AvgIpc) is 2.65. The standard InChI is InChI=1S/C21H27NO4/c1-15(21(23)24)18-13-20(26-4)19(25-3)12-17(18)10-11-22(2)14-16-8-6-5-7-9-16/h5-9,12-13,15H,10-11,14H2,1-4H3,(H,23,24). The van der Waals surface area contributed by atoms with Crippen LogP contribution in [0.1, 0.15) is 29.5 Å². The number of carboxylic acids is 1. The van der Waals surface area contributed by atoms with E-state index in [1.165, 1.54) is 5.56 Å². The van der Waals surface area contributed by atoms with Crippen molar-refractivity contribution in [1.82, 2.24) is 4.90 Å². The minimum atomic E-state index is -0.851. The van der Waals surface area contributed by atoms with E-state index in [2.05, 4.69) is 24.1 Å². The summed E-state index contributed by atoms with van der Waals surface area (Å²) in [5.41, 5.74) is 2.99. The molecule has 0 bridgehead atoms. The summed E-state index contributed by atoms with van der Waals surface area (Å²) >= 11 is 0. The van der Waals surface area contributed by atoms with Crippen molar-refractivity contribution in [3.8, 4) is 11.5 Å². The van der Waals surface area contributed by atoms with E-state index in [-0.39, 0.29) is 0 Å². The quantitative estimate of drug-likeness (QED) is 0.743. The summed E-state index contributed by atoms with van der Waals surface area (Å²) in [5, 5.41) is 9.44. The van der Waals surface area contributed by atoms with Crippen molar-refractivity contribution in [3.63, 3.8) is 0 Å². The van der Waals surface area contributed by atoms with Gasteiger partial charge in [-0.2, -0.15) is 0 Å². The first kappa shape index (κ1) is 19.8. The van der Waals surface area contributed by atoms with Crippen molar-refractivity contribution in [3.05, 3.63) is 59.2 Å². The second-order valence-electron chi connectivity index (χ2n) is 6.44. The highest BCUT2D eigenvalue weighted by atomic mass is 16.5. The lowest BCUT2D eigenvalue weighted by Gasteiger charge is -2.20. The topological polar surface area (TPSA) is 59.0 Å². The number of nitrogens with zero attached hydrogens (tertiary/aromatic N) is 1. The number of aliphatic carboxylic acids is 1. The van der Waals surface area contributed by atoms with E-state index < -0.39 is 11.9 Å². The van der Waals surface area contributed by atoms with Gasteiger partial charge in [0.05, 0.1) is 20.1 Å². The van der Waals surface area contributed by atoms with Gasteiger partial charge in [0.15, 0.2) is 11.5 Å². The monoisotopic (exact) mass is 357 g/mol. The molecule has 0 aliphatic carbocycles. The van der Waals surface area contributed by atoms with E-state index in [0.29, 0.717) is 11.5 Å². The first-order valence-electron chi connectivity index (χ1n) is 8.66. The molecule has 0 aromatic heterocycles. The lowest BCUT2D eigenvalue weighted by Crippen LogP contribution is -2.21. The van der Waals surface area contributed by atoms with Gasteiger partial charge in [-0.3, -0.25) is 4.79 Å². The van der Waals surface area contributed by atoms with Crippen LogP contribution < -0.4 is 9.47 Å². The third kappa shape index (κ3) is 4.99. The maximum atomic E-state index is 11.5. The molecule has 5 nitrogen and oxygen atoms in total. The zero-order valence-electron chi connectivity index (χ0n) is 15.9. The molecule has 0 spiro atoms. The molecule has 26 heavy (non-hydrogen) atoms. The van der Waals surface area contributed by atoms with Crippen LogP contribution >= 0.6 is 0 Å². The molecule has 1 N–H and O–H groups in total. The Balaban J connectivity index is 2.19.